The summed E-state index contributed by atoms with van der Waals surface area (Å²) in [6.07, 6.45) is 16.3. The number of unbranched alkanes of at least 4 members (excludes halogenated alkanes) is 10. The molecule has 3 aliphatic rings. The Balaban J connectivity index is 1.51. The van der Waals surface area contributed by atoms with Crippen LogP contribution in [0.1, 0.15) is 90.9 Å². The molecule has 0 unspecified atom stereocenters. The van der Waals surface area contributed by atoms with Crippen molar-refractivity contribution in [2.45, 2.75) is 90.9 Å². The summed E-state index contributed by atoms with van der Waals surface area (Å²) in [5, 5.41) is 8.08. The molecule has 3 aliphatic heterocycles. The van der Waals surface area contributed by atoms with Crippen LogP contribution in [0.5, 0.6) is 0 Å². The van der Waals surface area contributed by atoms with E-state index in [1.165, 1.54) is 106 Å². The van der Waals surface area contributed by atoms with Crippen LogP contribution < -0.4 is 5.73 Å². The quantitative estimate of drug-likeness (QED) is 0.182. The third-order valence-electron chi connectivity index (χ3n) is 5.44. The summed E-state index contributed by atoms with van der Waals surface area (Å²) in [7, 11) is 0. The van der Waals surface area contributed by atoms with E-state index < -0.39 is 0 Å². The van der Waals surface area contributed by atoms with Crippen molar-refractivity contribution < 1.29 is 0 Å². The Morgan fingerprint density at radius 2 is 1.12 bits per heavy atom. The van der Waals surface area contributed by atoms with Crippen molar-refractivity contribution >= 4 is 82.2 Å². The highest BCUT2D eigenvalue weighted by molar-refractivity contribution is 8.42. The molecule has 0 aromatic heterocycles. The van der Waals surface area contributed by atoms with Crippen LogP contribution >= 0.6 is 70.6 Å². The van der Waals surface area contributed by atoms with Gasteiger partial charge in [-0.2, -0.15) is 0 Å². The summed E-state index contributed by atoms with van der Waals surface area (Å²) >= 11 is 11.4. The first-order valence-electron chi connectivity index (χ1n) is 12.3. The average molecular weight is 560 g/mol. The van der Waals surface area contributed by atoms with Crippen LogP contribution in [0.15, 0.2) is 31.8 Å². The molecular formula is C24H37N3S6. The average Bonchev–Trinajstić information content (AvgIpc) is 3.48. The van der Waals surface area contributed by atoms with Gasteiger partial charge in [0.05, 0.1) is 26.8 Å². The van der Waals surface area contributed by atoms with Gasteiger partial charge in [-0.3, -0.25) is 5.41 Å². The highest BCUT2D eigenvalue weighted by atomic mass is 32.3. The maximum Gasteiger partial charge on any atom is 0.162 e. The molecule has 0 saturated carbocycles. The van der Waals surface area contributed by atoms with Crippen molar-refractivity contribution in [3.05, 3.63) is 26.8 Å². The van der Waals surface area contributed by atoms with Gasteiger partial charge in [-0.15, -0.1) is 23.5 Å². The molecule has 3 rings (SSSR count). The summed E-state index contributed by atoms with van der Waals surface area (Å²) in [5.41, 5.74) is 6.04. The van der Waals surface area contributed by atoms with E-state index >= 15 is 0 Å². The van der Waals surface area contributed by atoms with E-state index in [1.807, 2.05) is 23.5 Å². The van der Waals surface area contributed by atoms with Crippen molar-refractivity contribution in [3.8, 4) is 0 Å². The smallest absolute Gasteiger partial charge is 0.162 e. The Morgan fingerprint density at radius 1 is 0.667 bits per heavy atom. The predicted octanol–water partition coefficient (Wildman–Crippen LogP) is 9.95. The molecule has 0 aromatic carbocycles. The fraction of sp³-hybridized carbons (Fsp3) is 0.667. The van der Waals surface area contributed by atoms with Crippen molar-refractivity contribution in [1.82, 2.24) is 0 Å². The summed E-state index contributed by atoms with van der Waals surface area (Å²) in [4.78, 5) is 6.05. The number of nitrogens with one attached hydrogen (secondary N) is 1. The summed E-state index contributed by atoms with van der Waals surface area (Å²) in [6, 6.07) is 0. The number of nitrogens with two attached hydrogens (primary N) is 1. The molecule has 0 aromatic rings. The SMILES string of the molecule is CCCCCCCCSC1=C(SCCCCCCCC)SC(=C2SC3=C(S2)C(N)=NC3=N)S1. The molecule has 9 heteroatoms. The van der Waals surface area contributed by atoms with Gasteiger partial charge in [0.2, 0.25) is 0 Å². The Bertz CT molecular complexity index is 783. The van der Waals surface area contributed by atoms with Gasteiger partial charge in [-0.25, -0.2) is 4.99 Å². The van der Waals surface area contributed by atoms with Crippen molar-refractivity contribution in [2.24, 2.45) is 10.7 Å². The lowest BCUT2D eigenvalue weighted by atomic mass is 10.1. The summed E-state index contributed by atoms with van der Waals surface area (Å²) < 4.78 is 5.65. The van der Waals surface area contributed by atoms with Gasteiger partial charge in [-0.1, -0.05) is 125 Å². The molecule has 0 atom stereocenters. The van der Waals surface area contributed by atoms with E-state index in [0.717, 1.165) is 9.81 Å². The minimum absolute atomic E-state index is 0.326. The first-order chi connectivity index (χ1) is 16.1. The number of nitrogens with zero attached hydrogens (tertiary/aromatic N) is 1. The van der Waals surface area contributed by atoms with Gasteiger partial charge < -0.3 is 5.73 Å². The van der Waals surface area contributed by atoms with Gasteiger partial charge in [0.15, 0.2) is 5.84 Å². The van der Waals surface area contributed by atoms with Crippen molar-refractivity contribution in [3.63, 3.8) is 0 Å². The van der Waals surface area contributed by atoms with E-state index in [1.54, 1.807) is 23.5 Å². The zero-order valence-electron chi connectivity index (χ0n) is 19.9. The Kier molecular flexibility index (Phi) is 13.2. The molecule has 0 fully saturated rings. The first-order valence-corrected chi connectivity index (χ1v) is 17.5. The Morgan fingerprint density at radius 3 is 1.64 bits per heavy atom. The van der Waals surface area contributed by atoms with Gasteiger partial charge in [-0.05, 0) is 24.3 Å². The highest BCUT2D eigenvalue weighted by Gasteiger charge is 2.35. The second kappa shape index (κ2) is 15.5. The topological polar surface area (TPSA) is 62.2 Å². The lowest BCUT2D eigenvalue weighted by molar-refractivity contribution is 0.627. The molecule has 184 valence electrons. The van der Waals surface area contributed by atoms with Gasteiger partial charge in [0.1, 0.15) is 5.84 Å². The van der Waals surface area contributed by atoms with Crippen LogP contribution in [-0.2, 0) is 0 Å². The normalized spacial score (nSPS) is 18.2. The van der Waals surface area contributed by atoms with E-state index in [-0.39, 0.29) is 0 Å². The van der Waals surface area contributed by atoms with E-state index in [4.69, 9.17) is 11.1 Å². The molecule has 3 heterocycles. The maximum absolute atomic E-state index is 8.08. The summed E-state index contributed by atoms with van der Waals surface area (Å²) in [5.74, 6) is 3.28. The van der Waals surface area contributed by atoms with Crippen LogP contribution in [0.2, 0.25) is 0 Å². The number of rotatable bonds is 16. The number of aliphatic imine (C=N–C) groups is 1. The zero-order chi connectivity index (χ0) is 23.5. The number of hydrogen-bond donors (Lipinski definition) is 2. The predicted molar refractivity (Wildman–Crippen MR) is 162 cm³/mol. The van der Waals surface area contributed by atoms with Crippen LogP contribution in [0.25, 0.3) is 0 Å². The molecule has 0 aliphatic carbocycles. The van der Waals surface area contributed by atoms with Crippen molar-refractivity contribution in [1.29, 1.82) is 5.41 Å². The number of amidine groups is 2. The van der Waals surface area contributed by atoms with Gasteiger partial charge >= 0.3 is 0 Å². The molecule has 3 nitrogen and oxygen atoms in total. The number of thioether (sulfide) groups is 6. The molecule has 3 N–H and O–H groups in total. The molecule has 0 saturated heterocycles. The standard InChI is InChI=1S/C24H37N3S6/c1-3-5-7-9-11-13-15-28-21-22(29-16-14-12-10-8-6-4-2)33-24(32-21)23-30-17-18(31-23)20(26)27-19(17)25/h3-16H2,1-2H3,(H3,25,26,27). The monoisotopic (exact) mass is 559 g/mol. The fourth-order valence-corrected chi connectivity index (χ4v) is 12.3. The fourth-order valence-electron chi connectivity index (χ4n) is 3.56. The van der Waals surface area contributed by atoms with Crippen LogP contribution in [0.4, 0.5) is 0 Å². The summed E-state index contributed by atoms with van der Waals surface area (Å²) in [6.45, 7) is 4.56. The molecule has 0 bridgehead atoms. The maximum atomic E-state index is 8.08. The van der Waals surface area contributed by atoms with E-state index in [9.17, 15) is 0 Å². The van der Waals surface area contributed by atoms with Gasteiger partial charge in [0, 0.05) is 0 Å². The molecule has 0 amide bonds. The third-order valence-corrected chi connectivity index (χ3v) is 14.3. The third kappa shape index (κ3) is 8.81. The second-order valence-electron chi connectivity index (χ2n) is 8.29. The zero-order valence-corrected chi connectivity index (χ0v) is 24.8. The molecule has 0 radical (unpaired) electrons. The van der Waals surface area contributed by atoms with Crippen molar-refractivity contribution in [2.75, 3.05) is 11.5 Å². The minimum Gasteiger partial charge on any atom is -0.383 e. The minimum atomic E-state index is 0.326. The van der Waals surface area contributed by atoms with Gasteiger partial charge in [0.25, 0.3) is 0 Å². The number of hydrogen-bond acceptors (Lipinski definition) is 8. The molecular weight excluding hydrogens is 523 g/mol. The lowest BCUT2D eigenvalue weighted by Gasteiger charge is -2.05. The van der Waals surface area contributed by atoms with E-state index in [0.29, 0.717) is 11.7 Å². The Labute approximate surface area is 226 Å². The van der Waals surface area contributed by atoms with Crippen LogP contribution in [0, 0.1) is 5.41 Å². The first kappa shape index (κ1) is 28.0. The van der Waals surface area contributed by atoms with Crippen LogP contribution in [-0.4, -0.2) is 23.2 Å². The van der Waals surface area contributed by atoms with Crippen LogP contribution in [0.3, 0.4) is 0 Å². The Hall–Kier alpha value is 0.460. The molecule has 33 heavy (non-hydrogen) atoms. The lowest BCUT2D eigenvalue weighted by Crippen LogP contribution is -2.09. The largest absolute Gasteiger partial charge is 0.383 e. The second-order valence-corrected chi connectivity index (χ2v) is 15.6. The van der Waals surface area contributed by atoms with E-state index in [2.05, 4.69) is 42.4 Å². The highest BCUT2D eigenvalue weighted by Crippen LogP contribution is 2.64. The molecule has 0 spiro atoms.